The lowest BCUT2D eigenvalue weighted by Gasteiger charge is -2.08. The van der Waals surface area contributed by atoms with E-state index in [2.05, 4.69) is 25.8 Å². The molecule has 2 rings (SSSR count). The van der Waals surface area contributed by atoms with Crippen LogP contribution >= 0.6 is 0 Å². The molecule has 0 aromatic carbocycles. The number of hydrogen-bond donors (Lipinski definition) is 2. The van der Waals surface area contributed by atoms with E-state index in [1.54, 1.807) is 0 Å². The summed E-state index contributed by atoms with van der Waals surface area (Å²) in [5.41, 5.74) is -0.292. The lowest BCUT2D eigenvalue weighted by atomic mass is 10.5. The number of carbonyl (C=O) groups is 2. The largest absolute Gasteiger partial charge is 0.353 e. The van der Waals surface area contributed by atoms with Crippen molar-refractivity contribution in [2.75, 3.05) is 13.1 Å². The average Bonchev–Trinajstić information content (AvgIpc) is 3.01. The molecule has 0 unspecified atom stereocenters. The molecule has 0 radical (unpaired) electrons. The van der Waals surface area contributed by atoms with Crippen LogP contribution in [-0.2, 0) is 16.1 Å². The zero-order valence-corrected chi connectivity index (χ0v) is 11.9. The molecule has 0 atom stereocenters. The Hall–Kier alpha value is -3.04. The molecule has 2 aromatic heterocycles. The van der Waals surface area contributed by atoms with Gasteiger partial charge in [-0.3, -0.25) is 14.4 Å². The van der Waals surface area contributed by atoms with Crippen molar-refractivity contribution in [3.63, 3.8) is 0 Å². The maximum atomic E-state index is 11.7. The summed E-state index contributed by atoms with van der Waals surface area (Å²) >= 11 is 0. The molecule has 2 aromatic rings. The first-order chi connectivity index (χ1) is 10.6. The summed E-state index contributed by atoms with van der Waals surface area (Å²) in [5, 5.41) is 13.0. The van der Waals surface area contributed by atoms with E-state index in [9.17, 15) is 14.4 Å². The lowest BCUT2D eigenvalue weighted by molar-refractivity contribution is -0.125. The van der Waals surface area contributed by atoms with Gasteiger partial charge in [0.1, 0.15) is 12.7 Å². The predicted octanol–water partition coefficient (Wildman–Crippen LogP) is -1.92. The molecule has 0 aliphatic carbocycles. The standard InChI is InChI=1S/C12H15N7O3/c1-9(20)15-6-11(21)14-4-5-18-12(22)3-2-10(17-18)19-8-13-7-16-19/h2-3,7-8H,4-6H2,1H3,(H,14,21)(H,15,20). The van der Waals surface area contributed by atoms with Gasteiger partial charge in [0.25, 0.3) is 5.56 Å². The molecule has 116 valence electrons. The topological polar surface area (TPSA) is 124 Å². The van der Waals surface area contributed by atoms with E-state index < -0.39 is 0 Å². The maximum absolute atomic E-state index is 11.7. The number of nitrogens with one attached hydrogen (secondary N) is 2. The van der Waals surface area contributed by atoms with Crippen LogP contribution in [0.25, 0.3) is 5.82 Å². The highest BCUT2D eigenvalue weighted by Gasteiger charge is 2.05. The molecule has 2 heterocycles. The van der Waals surface area contributed by atoms with Crippen LogP contribution in [0.4, 0.5) is 0 Å². The van der Waals surface area contributed by atoms with E-state index in [1.165, 1.54) is 41.1 Å². The van der Waals surface area contributed by atoms with Crippen LogP contribution in [0.15, 0.2) is 29.6 Å². The van der Waals surface area contributed by atoms with E-state index >= 15 is 0 Å². The second-order valence-electron chi connectivity index (χ2n) is 4.35. The molecule has 0 saturated carbocycles. The molecule has 0 spiro atoms. The van der Waals surface area contributed by atoms with Gasteiger partial charge in [0.05, 0.1) is 13.1 Å². The van der Waals surface area contributed by atoms with Gasteiger partial charge in [-0.2, -0.15) is 5.10 Å². The average molecular weight is 305 g/mol. The van der Waals surface area contributed by atoms with Crippen molar-refractivity contribution in [3.8, 4) is 5.82 Å². The van der Waals surface area contributed by atoms with Gasteiger partial charge < -0.3 is 10.6 Å². The SMILES string of the molecule is CC(=O)NCC(=O)NCCn1nc(-n2cncn2)ccc1=O. The van der Waals surface area contributed by atoms with Gasteiger partial charge in [-0.05, 0) is 6.07 Å². The van der Waals surface area contributed by atoms with Crippen LogP contribution in [-0.4, -0.2) is 49.4 Å². The number of amides is 2. The summed E-state index contributed by atoms with van der Waals surface area (Å²) in [7, 11) is 0. The number of nitrogens with zero attached hydrogens (tertiary/aromatic N) is 5. The van der Waals surface area contributed by atoms with Gasteiger partial charge in [0, 0.05) is 19.5 Å². The smallest absolute Gasteiger partial charge is 0.266 e. The third kappa shape index (κ3) is 4.23. The number of rotatable bonds is 6. The van der Waals surface area contributed by atoms with Crippen molar-refractivity contribution in [1.29, 1.82) is 0 Å². The van der Waals surface area contributed by atoms with Gasteiger partial charge in [0.15, 0.2) is 5.82 Å². The summed E-state index contributed by atoms with van der Waals surface area (Å²) in [6, 6.07) is 2.89. The summed E-state index contributed by atoms with van der Waals surface area (Å²) in [4.78, 5) is 37.6. The molecule has 0 fully saturated rings. The summed E-state index contributed by atoms with van der Waals surface area (Å²) in [6.45, 7) is 1.64. The van der Waals surface area contributed by atoms with Crippen molar-refractivity contribution in [2.24, 2.45) is 0 Å². The molecule has 2 N–H and O–H groups in total. The molecular weight excluding hydrogens is 290 g/mol. The Kier molecular flexibility index (Phi) is 4.96. The third-order valence-corrected chi connectivity index (χ3v) is 2.65. The van der Waals surface area contributed by atoms with Crippen LogP contribution in [0.1, 0.15) is 6.92 Å². The highest BCUT2D eigenvalue weighted by Crippen LogP contribution is 1.96. The van der Waals surface area contributed by atoms with Gasteiger partial charge in [0.2, 0.25) is 11.8 Å². The predicted molar refractivity (Wildman–Crippen MR) is 75.1 cm³/mol. The Morgan fingerprint density at radius 2 is 2.09 bits per heavy atom. The number of carbonyl (C=O) groups excluding carboxylic acids is 2. The molecular formula is C12H15N7O3. The quantitative estimate of drug-likeness (QED) is 0.641. The van der Waals surface area contributed by atoms with Crippen LogP contribution in [0.2, 0.25) is 0 Å². The minimum Gasteiger partial charge on any atom is -0.353 e. The summed E-state index contributed by atoms with van der Waals surface area (Å²) in [5.74, 6) is -0.175. The zero-order chi connectivity index (χ0) is 15.9. The van der Waals surface area contributed by atoms with Gasteiger partial charge in [-0.25, -0.2) is 14.3 Å². The molecule has 0 aliphatic heterocycles. The fraction of sp³-hybridized carbons (Fsp3) is 0.333. The monoisotopic (exact) mass is 305 g/mol. The van der Waals surface area contributed by atoms with Crippen molar-refractivity contribution < 1.29 is 9.59 Å². The Bertz CT molecular complexity index is 708. The fourth-order valence-electron chi connectivity index (χ4n) is 1.62. The van der Waals surface area contributed by atoms with Crippen LogP contribution in [0, 0.1) is 0 Å². The van der Waals surface area contributed by atoms with Crippen LogP contribution in [0.3, 0.4) is 0 Å². The van der Waals surface area contributed by atoms with E-state index in [0.29, 0.717) is 5.82 Å². The molecule has 22 heavy (non-hydrogen) atoms. The Labute approximate surface area is 125 Å². The molecule has 2 amide bonds. The Morgan fingerprint density at radius 3 is 2.77 bits per heavy atom. The second kappa shape index (κ2) is 7.11. The second-order valence-corrected chi connectivity index (χ2v) is 4.35. The van der Waals surface area contributed by atoms with Crippen molar-refractivity contribution in [1.82, 2.24) is 35.2 Å². The Morgan fingerprint density at radius 1 is 1.27 bits per heavy atom. The molecule has 0 aliphatic rings. The van der Waals surface area contributed by atoms with E-state index in [1.807, 2.05) is 0 Å². The summed E-state index contributed by atoms with van der Waals surface area (Å²) in [6.07, 6.45) is 2.83. The first kappa shape index (κ1) is 15.4. The minimum absolute atomic E-state index is 0.101. The minimum atomic E-state index is -0.337. The van der Waals surface area contributed by atoms with E-state index in [4.69, 9.17) is 0 Å². The van der Waals surface area contributed by atoms with Crippen molar-refractivity contribution >= 4 is 11.8 Å². The summed E-state index contributed by atoms with van der Waals surface area (Å²) < 4.78 is 2.64. The molecule has 10 heteroatoms. The lowest BCUT2D eigenvalue weighted by Crippen LogP contribution is -2.38. The number of hydrogen-bond acceptors (Lipinski definition) is 6. The van der Waals surface area contributed by atoms with E-state index in [0.717, 1.165) is 0 Å². The maximum Gasteiger partial charge on any atom is 0.266 e. The number of aromatic nitrogens is 5. The molecule has 10 nitrogen and oxygen atoms in total. The highest BCUT2D eigenvalue weighted by molar-refractivity contribution is 5.83. The third-order valence-electron chi connectivity index (χ3n) is 2.65. The van der Waals surface area contributed by atoms with Crippen LogP contribution < -0.4 is 16.2 Å². The highest BCUT2D eigenvalue weighted by atomic mass is 16.2. The first-order valence-corrected chi connectivity index (χ1v) is 6.50. The first-order valence-electron chi connectivity index (χ1n) is 6.50. The normalized spacial score (nSPS) is 10.2. The van der Waals surface area contributed by atoms with Crippen LogP contribution in [0.5, 0.6) is 0 Å². The van der Waals surface area contributed by atoms with Crippen molar-refractivity contribution in [3.05, 3.63) is 35.1 Å². The van der Waals surface area contributed by atoms with E-state index in [-0.39, 0.29) is 37.0 Å². The molecule has 0 saturated heterocycles. The fourth-order valence-corrected chi connectivity index (χ4v) is 1.62. The van der Waals surface area contributed by atoms with Crippen molar-refractivity contribution in [2.45, 2.75) is 13.5 Å². The Balaban J connectivity index is 1.93. The van der Waals surface area contributed by atoms with Gasteiger partial charge >= 0.3 is 0 Å². The molecule has 0 bridgehead atoms. The zero-order valence-electron chi connectivity index (χ0n) is 11.9. The van der Waals surface area contributed by atoms with Gasteiger partial charge in [-0.1, -0.05) is 0 Å². The van der Waals surface area contributed by atoms with Gasteiger partial charge in [-0.15, -0.1) is 5.10 Å².